The molecule has 0 aliphatic carbocycles. The lowest BCUT2D eigenvalue weighted by atomic mass is 9.93. The second-order valence-corrected chi connectivity index (χ2v) is 7.30. The van der Waals surface area contributed by atoms with Gasteiger partial charge >= 0.3 is 5.97 Å². The van der Waals surface area contributed by atoms with Crippen molar-refractivity contribution in [3.63, 3.8) is 0 Å². The topological polar surface area (TPSA) is 126 Å². The first kappa shape index (κ1) is 21.4. The zero-order valence-electron chi connectivity index (χ0n) is 16.1. The molecule has 152 valence electrons. The van der Waals surface area contributed by atoms with Gasteiger partial charge in [-0.25, -0.2) is 4.79 Å². The summed E-state index contributed by atoms with van der Waals surface area (Å²) in [5.41, 5.74) is 1.37. The van der Waals surface area contributed by atoms with Crippen LogP contribution in [-0.4, -0.2) is 64.2 Å². The van der Waals surface area contributed by atoms with Crippen molar-refractivity contribution in [1.29, 1.82) is 0 Å². The number of carbonyl (C=O) groups excluding carboxylic acids is 1. The second-order valence-electron chi connectivity index (χ2n) is 7.30. The van der Waals surface area contributed by atoms with Gasteiger partial charge in [-0.15, -0.1) is 0 Å². The second kappa shape index (κ2) is 8.43. The molecule has 0 bridgehead atoms. The lowest BCUT2D eigenvalue weighted by Crippen LogP contribution is -2.61. The number of aliphatic hydroxyl groups excluding tert-OH is 3. The zero-order valence-corrected chi connectivity index (χ0v) is 16.1. The molecular weight excluding hydrogens is 356 g/mol. The van der Waals surface area contributed by atoms with Gasteiger partial charge in [0.15, 0.2) is 6.10 Å². The maximum Gasteiger partial charge on any atom is 0.337 e. The molecule has 8 nitrogen and oxygen atoms in total. The third kappa shape index (κ3) is 4.35. The molecule has 1 aliphatic heterocycles. The minimum Gasteiger partial charge on any atom is -0.508 e. The van der Waals surface area contributed by atoms with E-state index in [1.54, 1.807) is 12.1 Å². The summed E-state index contributed by atoms with van der Waals surface area (Å²) in [5.74, 6) is -0.438. The van der Waals surface area contributed by atoms with Gasteiger partial charge in [-0.2, -0.15) is 0 Å². The molecule has 1 aliphatic rings. The van der Waals surface area contributed by atoms with Crippen molar-refractivity contribution in [1.82, 2.24) is 0 Å². The number of rotatable bonds is 5. The first-order valence-electron chi connectivity index (χ1n) is 8.89. The van der Waals surface area contributed by atoms with Crippen LogP contribution in [0.5, 0.6) is 11.5 Å². The van der Waals surface area contributed by atoms with Gasteiger partial charge in [0.1, 0.15) is 29.8 Å². The van der Waals surface area contributed by atoms with E-state index in [2.05, 4.69) is 4.74 Å². The van der Waals surface area contributed by atoms with Crippen molar-refractivity contribution < 1.29 is 39.4 Å². The van der Waals surface area contributed by atoms with Crippen molar-refractivity contribution in [3.05, 3.63) is 23.3 Å². The monoisotopic (exact) mass is 384 g/mol. The number of hydrogen-bond donors (Lipinski definition) is 4. The smallest absolute Gasteiger partial charge is 0.337 e. The lowest BCUT2D eigenvalue weighted by Gasteiger charge is -2.39. The zero-order chi connectivity index (χ0) is 20.5. The van der Waals surface area contributed by atoms with E-state index in [4.69, 9.17) is 9.47 Å². The van der Waals surface area contributed by atoms with E-state index in [9.17, 15) is 25.2 Å². The SMILES string of the molecule is COC(=O)C1OC(Oc2c(C(C)C)cc(O)cc2C(C)C)C(O)[C@H](O)[C@@H]1O. The van der Waals surface area contributed by atoms with Gasteiger partial charge in [0.05, 0.1) is 7.11 Å². The van der Waals surface area contributed by atoms with Crippen LogP contribution in [0.3, 0.4) is 0 Å². The predicted octanol–water partition coefficient (Wildman–Crippen LogP) is 0.998. The largest absolute Gasteiger partial charge is 0.508 e. The third-order valence-corrected chi connectivity index (χ3v) is 4.61. The molecule has 1 aromatic rings. The van der Waals surface area contributed by atoms with Gasteiger partial charge < -0.3 is 34.6 Å². The summed E-state index contributed by atoms with van der Waals surface area (Å²) in [6, 6.07) is 3.12. The molecule has 2 rings (SSSR count). The van der Waals surface area contributed by atoms with Crippen molar-refractivity contribution in [2.45, 2.75) is 70.2 Å². The Kier molecular flexibility index (Phi) is 6.69. The fourth-order valence-electron chi connectivity index (χ4n) is 3.02. The van der Waals surface area contributed by atoms with E-state index in [0.717, 1.165) is 7.11 Å². The predicted molar refractivity (Wildman–Crippen MR) is 95.6 cm³/mol. The highest BCUT2D eigenvalue weighted by molar-refractivity contribution is 5.75. The van der Waals surface area contributed by atoms with E-state index in [1.807, 2.05) is 27.7 Å². The quantitative estimate of drug-likeness (QED) is 0.554. The average molecular weight is 384 g/mol. The Morgan fingerprint density at radius 1 is 1.00 bits per heavy atom. The number of methoxy groups -OCH3 is 1. The van der Waals surface area contributed by atoms with Gasteiger partial charge in [0.25, 0.3) is 0 Å². The van der Waals surface area contributed by atoms with E-state index >= 15 is 0 Å². The van der Waals surface area contributed by atoms with Crippen LogP contribution in [0.2, 0.25) is 0 Å². The van der Waals surface area contributed by atoms with Gasteiger partial charge in [0, 0.05) is 11.1 Å². The number of phenolic OH excluding ortho intramolecular Hbond substituents is 1. The Morgan fingerprint density at radius 3 is 1.96 bits per heavy atom. The minimum atomic E-state index is -1.66. The highest BCUT2D eigenvalue weighted by Crippen LogP contribution is 2.39. The fourth-order valence-corrected chi connectivity index (χ4v) is 3.02. The van der Waals surface area contributed by atoms with E-state index < -0.39 is 36.7 Å². The van der Waals surface area contributed by atoms with Crippen LogP contribution >= 0.6 is 0 Å². The van der Waals surface area contributed by atoms with Gasteiger partial charge in [-0.05, 0) is 24.0 Å². The third-order valence-electron chi connectivity index (χ3n) is 4.61. The normalized spacial score (nSPS) is 28.4. The van der Waals surface area contributed by atoms with Crippen LogP contribution in [0.15, 0.2) is 12.1 Å². The molecule has 3 unspecified atom stereocenters. The standard InChI is InChI=1S/C19H28O8/c1-8(2)11-6-10(20)7-12(9(3)4)16(11)26-19-15(23)13(21)14(22)17(27-19)18(24)25-5/h6-9,13-15,17,19-23H,1-5H3/t13-,14+,15?,17?,19?/m1/s1. The van der Waals surface area contributed by atoms with E-state index in [-0.39, 0.29) is 17.6 Å². The molecule has 8 heteroatoms. The number of benzene rings is 1. The molecule has 0 spiro atoms. The molecule has 27 heavy (non-hydrogen) atoms. The summed E-state index contributed by atoms with van der Waals surface area (Å²) in [6.07, 6.45) is -7.81. The maximum absolute atomic E-state index is 11.8. The molecule has 1 saturated heterocycles. The molecule has 0 amide bonds. The van der Waals surface area contributed by atoms with Crippen molar-refractivity contribution in [2.75, 3.05) is 7.11 Å². The number of carbonyl (C=O) groups is 1. The van der Waals surface area contributed by atoms with Crippen molar-refractivity contribution >= 4 is 5.97 Å². The molecule has 1 fully saturated rings. The number of hydrogen-bond acceptors (Lipinski definition) is 8. The molecular formula is C19H28O8. The number of aliphatic hydroxyl groups is 3. The van der Waals surface area contributed by atoms with Crippen LogP contribution in [-0.2, 0) is 14.3 Å². The Hall–Kier alpha value is -1.87. The lowest BCUT2D eigenvalue weighted by molar-refractivity contribution is -0.272. The summed E-state index contributed by atoms with van der Waals surface area (Å²) in [5, 5.41) is 40.4. The molecule has 0 saturated carbocycles. The summed E-state index contributed by atoms with van der Waals surface area (Å²) < 4.78 is 15.9. The molecule has 4 N–H and O–H groups in total. The Balaban J connectivity index is 2.43. The highest BCUT2D eigenvalue weighted by Gasteiger charge is 2.48. The van der Waals surface area contributed by atoms with Gasteiger partial charge in [0.2, 0.25) is 6.29 Å². The van der Waals surface area contributed by atoms with E-state index in [0.29, 0.717) is 16.9 Å². The first-order chi connectivity index (χ1) is 12.6. The number of ether oxygens (including phenoxy) is 3. The summed E-state index contributed by atoms with van der Waals surface area (Å²) in [4.78, 5) is 11.8. The van der Waals surface area contributed by atoms with Crippen LogP contribution < -0.4 is 4.74 Å². The molecule has 5 atom stereocenters. The van der Waals surface area contributed by atoms with E-state index in [1.165, 1.54) is 0 Å². The number of phenols is 1. The summed E-state index contributed by atoms with van der Waals surface area (Å²) >= 11 is 0. The van der Waals surface area contributed by atoms with Crippen molar-refractivity contribution in [3.8, 4) is 11.5 Å². The van der Waals surface area contributed by atoms with Crippen LogP contribution in [0.4, 0.5) is 0 Å². The van der Waals surface area contributed by atoms with Crippen LogP contribution in [0, 0.1) is 0 Å². The molecule has 1 aromatic carbocycles. The highest BCUT2D eigenvalue weighted by atomic mass is 16.7. The molecule has 1 heterocycles. The van der Waals surface area contributed by atoms with Crippen LogP contribution in [0.25, 0.3) is 0 Å². The maximum atomic E-state index is 11.8. The van der Waals surface area contributed by atoms with Gasteiger partial charge in [-0.1, -0.05) is 27.7 Å². The number of esters is 1. The Bertz CT molecular complexity index is 643. The Morgan fingerprint density at radius 2 is 1.52 bits per heavy atom. The fraction of sp³-hybridized carbons (Fsp3) is 0.632. The van der Waals surface area contributed by atoms with Crippen molar-refractivity contribution in [2.24, 2.45) is 0 Å². The first-order valence-corrected chi connectivity index (χ1v) is 8.89. The Labute approximate surface area is 158 Å². The summed E-state index contributed by atoms with van der Waals surface area (Å²) in [7, 11) is 1.12. The average Bonchev–Trinajstić information content (AvgIpc) is 2.61. The number of aromatic hydroxyl groups is 1. The van der Waals surface area contributed by atoms with Crippen LogP contribution in [0.1, 0.15) is 50.7 Å². The minimum absolute atomic E-state index is 0.0164. The molecule has 0 radical (unpaired) electrons. The van der Waals surface area contributed by atoms with Gasteiger partial charge in [-0.3, -0.25) is 0 Å². The summed E-state index contributed by atoms with van der Waals surface area (Å²) in [6.45, 7) is 7.67. The molecule has 0 aromatic heterocycles.